The topological polar surface area (TPSA) is 84.6 Å². The minimum Gasteiger partial charge on any atom is -0.493 e. The lowest BCUT2D eigenvalue weighted by Gasteiger charge is -2.15. The van der Waals surface area contributed by atoms with E-state index in [2.05, 4.69) is 57.8 Å². The van der Waals surface area contributed by atoms with Crippen LogP contribution in [0.2, 0.25) is 0 Å². The van der Waals surface area contributed by atoms with Gasteiger partial charge >= 0.3 is 0 Å². The fourth-order valence-electron chi connectivity index (χ4n) is 2.45. The number of nitrogens with one attached hydrogen (secondary N) is 2. The van der Waals surface area contributed by atoms with Gasteiger partial charge in [0.25, 0.3) is 0 Å². The van der Waals surface area contributed by atoms with Gasteiger partial charge in [0, 0.05) is 19.2 Å². The fraction of sp³-hybridized carbons (Fsp3) is 0.526. The minimum absolute atomic E-state index is 0.425. The molecule has 7 heteroatoms. The van der Waals surface area contributed by atoms with E-state index >= 15 is 0 Å². The lowest BCUT2D eigenvalue weighted by Crippen LogP contribution is -2.36. The lowest BCUT2D eigenvalue weighted by atomic mass is 10.1. The summed E-state index contributed by atoms with van der Waals surface area (Å²) in [5, 5.41) is 10.2. The van der Waals surface area contributed by atoms with Crippen LogP contribution in [-0.4, -0.2) is 29.8 Å². The molecule has 0 aliphatic carbocycles. The number of hydrogen-bond donors (Lipinski definition) is 2. The molecule has 0 aliphatic heterocycles. The molecule has 7 nitrogen and oxygen atoms in total. The maximum Gasteiger partial charge on any atom is 0.246 e. The number of hydrogen-bond acceptors (Lipinski definition) is 5. The summed E-state index contributed by atoms with van der Waals surface area (Å²) in [5.41, 5.74) is 2.29. The number of nitrogens with zero attached hydrogens (tertiary/aromatic N) is 3. The maximum atomic E-state index is 5.98. The molecule has 0 fully saturated rings. The van der Waals surface area contributed by atoms with Crippen molar-refractivity contribution in [1.29, 1.82) is 0 Å². The van der Waals surface area contributed by atoms with Gasteiger partial charge in [-0.1, -0.05) is 37.1 Å². The first-order valence-electron chi connectivity index (χ1n) is 9.08. The number of unbranched alkanes of at least 4 members (excludes halogenated alkanes) is 2. The summed E-state index contributed by atoms with van der Waals surface area (Å²) in [7, 11) is 1.73. The van der Waals surface area contributed by atoms with Crippen molar-refractivity contribution in [3.05, 3.63) is 41.0 Å². The summed E-state index contributed by atoms with van der Waals surface area (Å²) in [6, 6.07) is 6.26. The highest BCUT2D eigenvalue weighted by atomic mass is 16.5. The molecule has 1 heterocycles. The molecule has 2 rings (SSSR count). The zero-order chi connectivity index (χ0) is 18.8. The number of rotatable bonds is 9. The van der Waals surface area contributed by atoms with Crippen molar-refractivity contribution in [3.63, 3.8) is 0 Å². The molecule has 0 radical (unpaired) electrons. The quantitative estimate of drug-likeness (QED) is 0.406. The largest absolute Gasteiger partial charge is 0.493 e. The van der Waals surface area contributed by atoms with Crippen molar-refractivity contribution < 1.29 is 9.26 Å². The second-order valence-electron chi connectivity index (χ2n) is 6.18. The molecular formula is C19H29N5O2. The zero-order valence-corrected chi connectivity index (χ0v) is 16.1. The Kier molecular flexibility index (Phi) is 7.92. The molecule has 1 aromatic heterocycles. The summed E-state index contributed by atoms with van der Waals surface area (Å²) in [5.74, 6) is 2.74. The second kappa shape index (κ2) is 10.4. The molecular weight excluding hydrogens is 330 g/mol. The summed E-state index contributed by atoms with van der Waals surface area (Å²) < 4.78 is 11.1. The average molecular weight is 359 g/mol. The van der Waals surface area contributed by atoms with Crippen molar-refractivity contribution in [3.8, 4) is 5.75 Å². The standard InChI is InChI=1S/C19H29N5O2/c1-5-6-7-10-25-17-11-14(2)8-9-16(17)12-21-19(20-4)22-13-18-23-15(3)24-26-18/h8-9,11H,5-7,10,12-13H2,1-4H3,(H2,20,21,22). The van der Waals surface area contributed by atoms with E-state index < -0.39 is 0 Å². The predicted octanol–water partition coefficient (Wildman–Crippen LogP) is 3.12. The van der Waals surface area contributed by atoms with Gasteiger partial charge in [0.2, 0.25) is 5.89 Å². The van der Waals surface area contributed by atoms with E-state index in [1.807, 2.05) is 0 Å². The Hall–Kier alpha value is -2.57. The molecule has 2 aromatic rings. The van der Waals surface area contributed by atoms with Crippen LogP contribution < -0.4 is 15.4 Å². The summed E-state index contributed by atoms with van der Waals surface area (Å²) in [4.78, 5) is 8.39. The van der Waals surface area contributed by atoms with E-state index in [0.717, 1.165) is 24.3 Å². The van der Waals surface area contributed by atoms with Crippen molar-refractivity contribution in [2.24, 2.45) is 4.99 Å². The van der Waals surface area contributed by atoms with E-state index in [0.29, 0.717) is 30.8 Å². The first-order chi connectivity index (χ1) is 12.6. The number of benzene rings is 1. The van der Waals surface area contributed by atoms with Crippen molar-refractivity contribution in [1.82, 2.24) is 20.8 Å². The van der Waals surface area contributed by atoms with Crippen LogP contribution in [0.15, 0.2) is 27.7 Å². The van der Waals surface area contributed by atoms with Crippen LogP contribution >= 0.6 is 0 Å². The summed E-state index contributed by atoms with van der Waals surface area (Å²) >= 11 is 0. The van der Waals surface area contributed by atoms with Crippen LogP contribution in [0.1, 0.15) is 49.0 Å². The van der Waals surface area contributed by atoms with E-state index in [1.165, 1.54) is 18.4 Å². The first kappa shape index (κ1) is 19.8. The number of guanidine groups is 1. The molecule has 0 spiro atoms. The predicted molar refractivity (Wildman–Crippen MR) is 102 cm³/mol. The first-order valence-corrected chi connectivity index (χ1v) is 9.08. The van der Waals surface area contributed by atoms with Gasteiger partial charge in [0.05, 0.1) is 13.2 Å². The highest BCUT2D eigenvalue weighted by Gasteiger charge is 2.07. The van der Waals surface area contributed by atoms with Gasteiger partial charge in [-0.3, -0.25) is 4.99 Å². The van der Waals surface area contributed by atoms with Crippen LogP contribution in [0.4, 0.5) is 0 Å². The van der Waals surface area contributed by atoms with E-state index in [4.69, 9.17) is 9.26 Å². The molecule has 0 atom stereocenters. The molecule has 142 valence electrons. The highest BCUT2D eigenvalue weighted by Crippen LogP contribution is 2.20. The third-order valence-electron chi connectivity index (χ3n) is 3.87. The fourth-order valence-corrected chi connectivity index (χ4v) is 2.45. The monoisotopic (exact) mass is 359 g/mol. The average Bonchev–Trinajstić information content (AvgIpc) is 3.05. The molecule has 26 heavy (non-hydrogen) atoms. The number of aliphatic imine (C=N–C) groups is 1. The van der Waals surface area contributed by atoms with Crippen LogP contribution in [0.3, 0.4) is 0 Å². The normalized spacial score (nSPS) is 11.5. The number of aromatic nitrogens is 2. The molecule has 0 aliphatic rings. The van der Waals surface area contributed by atoms with Gasteiger partial charge in [-0.2, -0.15) is 4.98 Å². The van der Waals surface area contributed by atoms with E-state index in [9.17, 15) is 0 Å². The van der Waals surface area contributed by atoms with Gasteiger partial charge in [-0.15, -0.1) is 0 Å². The lowest BCUT2D eigenvalue weighted by molar-refractivity contribution is 0.303. The third kappa shape index (κ3) is 6.38. The van der Waals surface area contributed by atoms with E-state index in [1.54, 1.807) is 14.0 Å². The van der Waals surface area contributed by atoms with Gasteiger partial charge in [0.1, 0.15) is 5.75 Å². The smallest absolute Gasteiger partial charge is 0.246 e. The Bertz CT molecular complexity index is 712. The molecule has 0 unspecified atom stereocenters. The van der Waals surface area contributed by atoms with Crippen LogP contribution in [0, 0.1) is 13.8 Å². The van der Waals surface area contributed by atoms with Gasteiger partial charge in [-0.25, -0.2) is 0 Å². The molecule has 1 aromatic carbocycles. The Balaban J connectivity index is 1.89. The molecule has 2 N–H and O–H groups in total. The van der Waals surface area contributed by atoms with Crippen LogP contribution in [0.25, 0.3) is 0 Å². The zero-order valence-electron chi connectivity index (χ0n) is 16.1. The van der Waals surface area contributed by atoms with E-state index in [-0.39, 0.29) is 0 Å². The number of ether oxygens (including phenoxy) is 1. The van der Waals surface area contributed by atoms with Crippen LogP contribution in [0.5, 0.6) is 5.75 Å². The Morgan fingerprint density at radius 2 is 2.00 bits per heavy atom. The second-order valence-corrected chi connectivity index (χ2v) is 6.18. The molecule has 0 saturated carbocycles. The third-order valence-corrected chi connectivity index (χ3v) is 3.87. The molecule has 0 bridgehead atoms. The van der Waals surface area contributed by atoms with Gasteiger partial charge in [0.15, 0.2) is 11.8 Å². The Labute approximate surface area is 155 Å². The molecule has 0 amide bonds. The Morgan fingerprint density at radius 3 is 2.69 bits per heavy atom. The minimum atomic E-state index is 0.425. The van der Waals surface area contributed by atoms with Crippen molar-refractivity contribution in [2.45, 2.75) is 53.1 Å². The summed E-state index contributed by atoms with van der Waals surface area (Å²) in [6.07, 6.45) is 3.45. The molecule has 0 saturated heterocycles. The van der Waals surface area contributed by atoms with Gasteiger partial charge in [-0.05, 0) is 31.9 Å². The maximum absolute atomic E-state index is 5.98. The Morgan fingerprint density at radius 1 is 1.19 bits per heavy atom. The number of aryl methyl sites for hydroxylation is 2. The van der Waals surface area contributed by atoms with Gasteiger partial charge < -0.3 is 19.9 Å². The van der Waals surface area contributed by atoms with Crippen molar-refractivity contribution >= 4 is 5.96 Å². The highest BCUT2D eigenvalue weighted by molar-refractivity contribution is 5.79. The van der Waals surface area contributed by atoms with Crippen molar-refractivity contribution in [2.75, 3.05) is 13.7 Å². The summed E-state index contributed by atoms with van der Waals surface area (Å²) in [6.45, 7) is 7.84. The SMILES string of the molecule is CCCCCOc1cc(C)ccc1CNC(=NC)NCc1nc(C)no1. The van der Waals surface area contributed by atoms with Crippen LogP contribution in [-0.2, 0) is 13.1 Å².